The average molecular weight is 363 g/mol. The van der Waals surface area contributed by atoms with Crippen LogP contribution in [0.4, 0.5) is 5.00 Å². The van der Waals surface area contributed by atoms with Gasteiger partial charge in [-0.25, -0.2) is 9.78 Å². The third-order valence-electron chi connectivity index (χ3n) is 2.95. The van der Waals surface area contributed by atoms with Gasteiger partial charge < -0.3 is 14.5 Å². The molecule has 0 spiro atoms. The second kappa shape index (κ2) is 7.29. The zero-order valence-corrected chi connectivity index (χ0v) is 13.8. The van der Waals surface area contributed by atoms with E-state index in [1.165, 1.54) is 6.26 Å². The standard InChI is InChI=1S/C16H11ClN2O4S/c17-13-5-3-10(8-18-13)9-23-16(21)12-4-6-14(24-12)19-15(20)11-2-1-7-22-11/h1-8H,9H2,(H,19,20). The van der Waals surface area contributed by atoms with Gasteiger partial charge in [-0.05, 0) is 30.3 Å². The van der Waals surface area contributed by atoms with Crippen molar-refractivity contribution in [2.45, 2.75) is 6.61 Å². The number of furan rings is 1. The number of hydrogen-bond acceptors (Lipinski definition) is 6. The topological polar surface area (TPSA) is 81.4 Å². The van der Waals surface area contributed by atoms with E-state index in [1.54, 1.807) is 42.6 Å². The van der Waals surface area contributed by atoms with Crippen LogP contribution in [0, 0.1) is 0 Å². The van der Waals surface area contributed by atoms with Crippen molar-refractivity contribution < 1.29 is 18.7 Å². The number of aromatic nitrogens is 1. The fraction of sp³-hybridized carbons (Fsp3) is 0.0625. The maximum atomic E-state index is 12.0. The molecule has 1 N–H and O–H groups in total. The number of carbonyl (C=O) groups is 2. The Morgan fingerprint density at radius 3 is 2.83 bits per heavy atom. The van der Waals surface area contributed by atoms with E-state index in [0.29, 0.717) is 15.0 Å². The Bertz CT molecular complexity index is 843. The molecule has 0 aliphatic carbocycles. The summed E-state index contributed by atoms with van der Waals surface area (Å²) < 4.78 is 10.2. The minimum atomic E-state index is -0.478. The fourth-order valence-corrected chi connectivity index (χ4v) is 2.71. The molecule has 0 aliphatic heterocycles. The summed E-state index contributed by atoms with van der Waals surface area (Å²) in [6.45, 7) is 0.0923. The van der Waals surface area contributed by atoms with Crippen LogP contribution in [0.1, 0.15) is 25.8 Å². The molecule has 0 aromatic carbocycles. The third kappa shape index (κ3) is 4.01. The van der Waals surface area contributed by atoms with Crippen LogP contribution in [-0.2, 0) is 11.3 Å². The predicted molar refractivity (Wildman–Crippen MR) is 89.3 cm³/mol. The highest BCUT2D eigenvalue weighted by Crippen LogP contribution is 2.23. The van der Waals surface area contributed by atoms with E-state index in [9.17, 15) is 9.59 Å². The smallest absolute Gasteiger partial charge is 0.348 e. The Hall–Kier alpha value is -2.64. The monoisotopic (exact) mass is 362 g/mol. The molecule has 0 saturated heterocycles. The van der Waals surface area contributed by atoms with Gasteiger partial charge >= 0.3 is 5.97 Å². The molecular weight excluding hydrogens is 352 g/mol. The van der Waals surface area contributed by atoms with E-state index >= 15 is 0 Å². The predicted octanol–water partition coefficient (Wildman–Crippen LogP) is 4.00. The van der Waals surface area contributed by atoms with Crippen LogP contribution in [-0.4, -0.2) is 16.9 Å². The summed E-state index contributed by atoms with van der Waals surface area (Å²) in [6, 6.07) is 9.75. The number of carbonyl (C=O) groups excluding carboxylic acids is 2. The number of pyridine rings is 1. The van der Waals surface area contributed by atoms with Crippen LogP contribution >= 0.6 is 22.9 Å². The lowest BCUT2D eigenvalue weighted by Gasteiger charge is -2.03. The van der Waals surface area contributed by atoms with Crippen molar-refractivity contribution >= 4 is 39.8 Å². The van der Waals surface area contributed by atoms with Crippen molar-refractivity contribution in [3.63, 3.8) is 0 Å². The second-order valence-corrected chi connectivity index (χ2v) is 6.13. The van der Waals surface area contributed by atoms with E-state index in [2.05, 4.69) is 10.3 Å². The highest BCUT2D eigenvalue weighted by Gasteiger charge is 2.14. The number of rotatable bonds is 5. The van der Waals surface area contributed by atoms with Crippen molar-refractivity contribution in [2.75, 3.05) is 5.32 Å². The van der Waals surface area contributed by atoms with Crippen molar-refractivity contribution in [3.05, 3.63) is 70.2 Å². The number of nitrogens with zero attached hydrogens (tertiary/aromatic N) is 1. The van der Waals surface area contributed by atoms with Crippen molar-refractivity contribution in [2.24, 2.45) is 0 Å². The lowest BCUT2D eigenvalue weighted by Crippen LogP contribution is -2.09. The van der Waals surface area contributed by atoms with Gasteiger partial charge in [0.1, 0.15) is 16.6 Å². The summed E-state index contributed by atoms with van der Waals surface area (Å²) in [5.41, 5.74) is 0.732. The molecule has 122 valence electrons. The minimum Gasteiger partial charge on any atom is -0.459 e. The van der Waals surface area contributed by atoms with Crippen LogP contribution in [0.15, 0.2) is 53.3 Å². The van der Waals surface area contributed by atoms with Crippen molar-refractivity contribution in [1.82, 2.24) is 4.98 Å². The zero-order valence-electron chi connectivity index (χ0n) is 12.2. The van der Waals surface area contributed by atoms with Gasteiger partial charge in [-0.15, -0.1) is 11.3 Å². The first-order valence-corrected chi connectivity index (χ1v) is 8.03. The number of esters is 1. The van der Waals surface area contributed by atoms with Gasteiger partial charge in [-0.3, -0.25) is 4.79 Å². The second-order valence-electron chi connectivity index (χ2n) is 4.66. The number of hydrogen-bond donors (Lipinski definition) is 1. The number of halogens is 1. The minimum absolute atomic E-state index is 0.0923. The van der Waals surface area contributed by atoms with E-state index < -0.39 is 5.97 Å². The summed E-state index contributed by atoms with van der Waals surface area (Å²) in [4.78, 5) is 28.2. The lowest BCUT2D eigenvalue weighted by molar-refractivity contribution is 0.0478. The van der Waals surface area contributed by atoms with Gasteiger partial charge in [0.05, 0.1) is 11.3 Å². The summed E-state index contributed by atoms with van der Waals surface area (Å²) in [5, 5.41) is 3.55. The van der Waals surface area contributed by atoms with Crippen LogP contribution in [0.2, 0.25) is 5.15 Å². The molecule has 0 fully saturated rings. The lowest BCUT2D eigenvalue weighted by atomic mass is 10.3. The van der Waals surface area contributed by atoms with Crippen LogP contribution in [0.3, 0.4) is 0 Å². The number of ether oxygens (including phenoxy) is 1. The SMILES string of the molecule is O=C(Nc1ccc(C(=O)OCc2ccc(Cl)nc2)s1)c1ccco1. The Morgan fingerprint density at radius 2 is 2.12 bits per heavy atom. The van der Waals surface area contributed by atoms with E-state index in [4.69, 9.17) is 20.8 Å². The molecule has 3 aromatic heterocycles. The van der Waals surface area contributed by atoms with Gasteiger partial charge in [-0.1, -0.05) is 17.7 Å². The molecule has 0 saturated carbocycles. The molecule has 3 aromatic rings. The quantitative estimate of drug-likeness (QED) is 0.548. The van der Waals surface area contributed by atoms with Crippen molar-refractivity contribution in [1.29, 1.82) is 0 Å². The van der Waals surface area contributed by atoms with E-state index in [0.717, 1.165) is 16.9 Å². The summed E-state index contributed by atoms with van der Waals surface area (Å²) in [6.07, 6.45) is 2.96. The maximum absolute atomic E-state index is 12.0. The molecule has 8 heteroatoms. The molecule has 3 heterocycles. The number of nitrogens with one attached hydrogen (secondary N) is 1. The van der Waals surface area contributed by atoms with Crippen LogP contribution in [0.5, 0.6) is 0 Å². The van der Waals surface area contributed by atoms with Gasteiger partial charge in [0.2, 0.25) is 0 Å². The number of anilines is 1. The van der Waals surface area contributed by atoms with Crippen molar-refractivity contribution in [3.8, 4) is 0 Å². The average Bonchev–Trinajstić information content (AvgIpc) is 3.26. The van der Waals surface area contributed by atoms with Gasteiger partial charge in [0.25, 0.3) is 5.91 Å². The van der Waals surface area contributed by atoms with Gasteiger partial charge in [0.15, 0.2) is 5.76 Å². The van der Waals surface area contributed by atoms with Gasteiger partial charge in [0, 0.05) is 11.8 Å². The first kappa shape index (κ1) is 16.2. The third-order valence-corrected chi connectivity index (χ3v) is 4.15. The highest BCUT2D eigenvalue weighted by atomic mass is 35.5. The molecule has 6 nitrogen and oxygen atoms in total. The molecule has 1 amide bonds. The molecular formula is C16H11ClN2O4S. The Balaban J connectivity index is 1.57. The van der Waals surface area contributed by atoms with Gasteiger partial charge in [-0.2, -0.15) is 0 Å². The maximum Gasteiger partial charge on any atom is 0.348 e. The van der Waals surface area contributed by atoms with E-state index in [1.807, 2.05) is 0 Å². The number of thiophene rings is 1. The molecule has 0 atom stereocenters. The molecule has 3 rings (SSSR count). The van der Waals surface area contributed by atoms with Crippen LogP contribution in [0.25, 0.3) is 0 Å². The number of amides is 1. The summed E-state index contributed by atoms with van der Waals surface area (Å²) in [5.74, 6) is -0.662. The molecule has 0 bridgehead atoms. The molecule has 24 heavy (non-hydrogen) atoms. The zero-order chi connectivity index (χ0) is 16.9. The van der Waals surface area contributed by atoms with E-state index in [-0.39, 0.29) is 18.3 Å². The normalized spacial score (nSPS) is 10.4. The highest BCUT2D eigenvalue weighted by molar-refractivity contribution is 7.18. The molecule has 0 radical (unpaired) electrons. The molecule has 0 aliphatic rings. The Kier molecular flexibility index (Phi) is 4.93. The first-order valence-electron chi connectivity index (χ1n) is 6.84. The fourth-order valence-electron chi connectivity index (χ4n) is 1.81. The summed E-state index contributed by atoms with van der Waals surface area (Å²) >= 11 is 6.81. The first-order chi connectivity index (χ1) is 11.6. The molecule has 0 unspecified atom stereocenters. The Morgan fingerprint density at radius 1 is 1.25 bits per heavy atom. The summed E-state index contributed by atoms with van der Waals surface area (Å²) in [7, 11) is 0. The van der Waals surface area contributed by atoms with Crippen LogP contribution < -0.4 is 5.32 Å². The largest absolute Gasteiger partial charge is 0.459 e. The Labute approximate surface area is 146 Å².